The molecule has 1 unspecified atom stereocenters. The summed E-state index contributed by atoms with van der Waals surface area (Å²) in [5.41, 5.74) is 0.632. The largest absolute Gasteiger partial charge is 0.481 e. The van der Waals surface area contributed by atoms with Gasteiger partial charge in [0.2, 0.25) is 5.91 Å². The lowest BCUT2D eigenvalue weighted by atomic mass is 10.0. The summed E-state index contributed by atoms with van der Waals surface area (Å²) in [6.07, 6.45) is -6.15. The second-order valence-electron chi connectivity index (χ2n) is 3.90. The molecule has 0 heterocycles. The van der Waals surface area contributed by atoms with Gasteiger partial charge in [-0.2, -0.15) is 13.2 Å². The highest BCUT2D eigenvalue weighted by Crippen LogP contribution is 2.29. The average Bonchev–Trinajstić information content (AvgIpc) is 2.33. The lowest BCUT2D eigenvalue weighted by Crippen LogP contribution is -2.40. The van der Waals surface area contributed by atoms with Gasteiger partial charge in [0, 0.05) is 6.54 Å². The van der Waals surface area contributed by atoms with Gasteiger partial charge in [0.25, 0.3) is 0 Å². The molecule has 0 spiro atoms. The Kier molecular flexibility index (Phi) is 4.91. The van der Waals surface area contributed by atoms with Crippen LogP contribution in [0.1, 0.15) is 12.0 Å². The molecule has 0 aliphatic rings. The first-order valence-electron chi connectivity index (χ1n) is 5.41. The third-order valence-corrected chi connectivity index (χ3v) is 2.40. The molecular weight excluding hydrogens is 263 g/mol. The van der Waals surface area contributed by atoms with Crippen molar-refractivity contribution >= 4 is 11.9 Å². The van der Waals surface area contributed by atoms with Crippen molar-refractivity contribution in [1.82, 2.24) is 5.32 Å². The summed E-state index contributed by atoms with van der Waals surface area (Å²) in [6, 6.07) is 8.37. The number of hydrogen-bond acceptors (Lipinski definition) is 2. The molecule has 4 nitrogen and oxygen atoms in total. The Morgan fingerprint density at radius 2 is 1.79 bits per heavy atom. The van der Waals surface area contributed by atoms with Gasteiger partial charge in [-0.1, -0.05) is 30.3 Å². The molecule has 1 rings (SSSR count). The van der Waals surface area contributed by atoms with Gasteiger partial charge in [-0.3, -0.25) is 9.59 Å². The van der Waals surface area contributed by atoms with Gasteiger partial charge in [-0.25, -0.2) is 0 Å². The normalized spacial score (nSPS) is 12.8. The van der Waals surface area contributed by atoms with Gasteiger partial charge < -0.3 is 10.4 Å². The summed E-state index contributed by atoms with van der Waals surface area (Å²) in [5.74, 6) is -5.54. The zero-order valence-electron chi connectivity index (χ0n) is 9.78. The lowest BCUT2D eigenvalue weighted by Gasteiger charge is -2.18. The highest BCUT2D eigenvalue weighted by Gasteiger charge is 2.45. The molecule has 0 aliphatic carbocycles. The number of carbonyl (C=O) groups excluding carboxylic acids is 1. The highest BCUT2D eigenvalue weighted by atomic mass is 19.4. The van der Waals surface area contributed by atoms with Crippen molar-refractivity contribution < 1.29 is 27.9 Å². The molecule has 0 saturated heterocycles. The first-order valence-corrected chi connectivity index (χ1v) is 5.41. The maximum atomic E-state index is 12.5. The summed E-state index contributed by atoms with van der Waals surface area (Å²) < 4.78 is 37.6. The predicted molar refractivity (Wildman–Crippen MR) is 60.1 cm³/mol. The fourth-order valence-corrected chi connectivity index (χ4v) is 1.44. The number of carboxylic acid groups (broad SMARTS) is 1. The van der Waals surface area contributed by atoms with Crippen LogP contribution >= 0.6 is 0 Å². The highest BCUT2D eigenvalue weighted by molar-refractivity contribution is 5.83. The van der Waals surface area contributed by atoms with Crippen LogP contribution in [0.3, 0.4) is 0 Å². The number of carbonyl (C=O) groups is 2. The minimum absolute atomic E-state index is 0.0775. The molecule has 0 saturated carbocycles. The Balaban J connectivity index is 2.65. The Labute approximate surface area is 107 Å². The van der Waals surface area contributed by atoms with E-state index in [1.807, 2.05) is 0 Å². The van der Waals surface area contributed by atoms with Gasteiger partial charge >= 0.3 is 12.1 Å². The van der Waals surface area contributed by atoms with Crippen LogP contribution in [0, 0.1) is 5.92 Å². The van der Waals surface area contributed by atoms with Crippen molar-refractivity contribution in [3.63, 3.8) is 0 Å². The first-order chi connectivity index (χ1) is 8.80. The molecule has 7 heteroatoms. The second kappa shape index (κ2) is 6.21. The zero-order chi connectivity index (χ0) is 14.5. The average molecular weight is 275 g/mol. The molecule has 1 amide bonds. The predicted octanol–water partition coefficient (Wildman–Crippen LogP) is 1.96. The fraction of sp³-hybridized carbons (Fsp3) is 0.333. The van der Waals surface area contributed by atoms with Crippen LogP contribution in [-0.4, -0.2) is 23.2 Å². The number of halogens is 3. The van der Waals surface area contributed by atoms with E-state index in [0.717, 1.165) is 0 Å². The number of benzene rings is 1. The molecule has 0 radical (unpaired) electrons. The first kappa shape index (κ1) is 15.0. The van der Waals surface area contributed by atoms with Crippen LogP contribution in [0.15, 0.2) is 30.3 Å². The van der Waals surface area contributed by atoms with E-state index in [1.165, 1.54) is 0 Å². The van der Waals surface area contributed by atoms with Gasteiger partial charge in [-0.15, -0.1) is 0 Å². The molecular formula is C12H12F3NO3. The van der Waals surface area contributed by atoms with E-state index in [0.29, 0.717) is 5.56 Å². The number of carboxylic acids is 1. The van der Waals surface area contributed by atoms with E-state index in [-0.39, 0.29) is 6.54 Å². The molecule has 0 aliphatic heterocycles. The van der Waals surface area contributed by atoms with E-state index in [1.54, 1.807) is 30.3 Å². The minimum Gasteiger partial charge on any atom is -0.481 e. The van der Waals surface area contributed by atoms with Crippen LogP contribution in [0.5, 0.6) is 0 Å². The number of aliphatic carboxylic acids is 1. The fourth-order valence-electron chi connectivity index (χ4n) is 1.44. The third-order valence-electron chi connectivity index (χ3n) is 2.40. The molecule has 0 aromatic heterocycles. The zero-order valence-corrected chi connectivity index (χ0v) is 9.78. The minimum atomic E-state index is -4.88. The second-order valence-corrected chi connectivity index (χ2v) is 3.90. The monoisotopic (exact) mass is 275 g/mol. The molecule has 104 valence electrons. The van der Waals surface area contributed by atoms with Crippen molar-refractivity contribution in [2.45, 2.75) is 19.1 Å². The topological polar surface area (TPSA) is 66.4 Å². The van der Waals surface area contributed by atoms with Gasteiger partial charge in [0.1, 0.15) is 5.92 Å². The number of alkyl halides is 3. The van der Waals surface area contributed by atoms with Crippen molar-refractivity contribution in [2.24, 2.45) is 5.92 Å². The lowest BCUT2D eigenvalue weighted by molar-refractivity contribution is -0.188. The molecule has 1 aromatic rings. The van der Waals surface area contributed by atoms with Gasteiger partial charge in [0.05, 0.1) is 6.42 Å². The molecule has 19 heavy (non-hydrogen) atoms. The Hall–Kier alpha value is -2.05. The molecule has 1 aromatic carbocycles. The number of rotatable bonds is 5. The van der Waals surface area contributed by atoms with Crippen LogP contribution in [0.2, 0.25) is 0 Å². The van der Waals surface area contributed by atoms with Gasteiger partial charge in [0.15, 0.2) is 0 Å². The van der Waals surface area contributed by atoms with E-state index >= 15 is 0 Å². The van der Waals surface area contributed by atoms with Crippen molar-refractivity contribution in [3.05, 3.63) is 35.9 Å². The maximum Gasteiger partial charge on any atom is 0.401 e. The number of amides is 1. The van der Waals surface area contributed by atoms with Crippen LogP contribution < -0.4 is 5.32 Å². The van der Waals surface area contributed by atoms with E-state index < -0.39 is 30.4 Å². The Morgan fingerprint density at radius 1 is 1.21 bits per heavy atom. The smallest absolute Gasteiger partial charge is 0.401 e. The molecule has 1 atom stereocenters. The molecule has 2 N–H and O–H groups in total. The molecule has 0 fully saturated rings. The SMILES string of the molecule is O=C(O)CC(C(=O)NCc1ccccc1)C(F)(F)F. The van der Waals surface area contributed by atoms with E-state index in [2.05, 4.69) is 5.32 Å². The Morgan fingerprint density at radius 3 is 2.26 bits per heavy atom. The third kappa shape index (κ3) is 4.99. The van der Waals surface area contributed by atoms with Crippen LogP contribution in [0.25, 0.3) is 0 Å². The maximum absolute atomic E-state index is 12.5. The quantitative estimate of drug-likeness (QED) is 0.863. The molecule has 0 bridgehead atoms. The Bertz CT molecular complexity index is 445. The van der Waals surface area contributed by atoms with Crippen molar-refractivity contribution in [3.8, 4) is 0 Å². The standard InChI is InChI=1S/C12H12F3NO3/c13-12(14,15)9(6-10(17)18)11(19)16-7-8-4-2-1-3-5-8/h1-5,9H,6-7H2,(H,16,19)(H,17,18). The summed E-state index contributed by atoms with van der Waals surface area (Å²) in [5, 5.41) is 10.5. The number of hydrogen-bond donors (Lipinski definition) is 2. The van der Waals surface area contributed by atoms with Crippen molar-refractivity contribution in [1.29, 1.82) is 0 Å². The van der Waals surface area contributed by atoms with Crippen LogP contribution in [-0.2, 0) is 16.1 Å². The number of nitrogens with one attached hydrogen (secondary N) is 1. The summed E-state index contributed by atoms with van der Waals surface area (Å²) in [4.78, 5) is 21.8. The summed E-state index contributed by atoms with van der Waals surface area (Å²) in [7, 11) is 0. The van der Waals surface area contributed by atoms with E-state index in [9.17, 15) is 22.8 Å². The van der Waals surface area contributed by atoms with E-state index in [4.69, 9.17) is 5.11 Å². The van der Waals surface area contributed by atoms with Crippen molar-refractivity contribution in [2.75, 3.05) is 0 Å². The summed E-state index contributed by atoms with van der Waals surface area (Å²) >= 11 is 0. The van der Waals surface area contributed by atoms with Crippen LogP contribution in [0.4, 0.5) is 13.2 Å². The van der Waals surface area contributed by atoms with Gasteiger partial charge in [-0.05, 0) is 5.56 Å². The summed E-state index contributed by atoms with van der Waals surface area (Å²) in [6.45, 7) is -0.0775.